The van der Waals surface area contributed by atoms with Crippen molar-refractivity contribution in [3.63, 3.8) is 0 Å². The van der Waals surface area contributed by atoms with Crippen LogP contribution in [0.15, 0.2) is 23.7 Å². The van der Waals surface area contributed by atoms with Crippen molar-refractivity contribution in [2.45, 2.75) is 0 Å². The lowest BCUT2D eigenvalue weighted by atomic mass is 10.7. The van der Waals surface area contributed by atoms with Crippen LogP contribution in [-0.2, 0) is 0 Å². The standard InChI is InChI=1S/C5H3ClF2N2/c6-4(7)5(8)10-3-1-2-9-10/h1-3H/b5-4+. The molecule has 0 saturated carbocycles. The molecule has 54 valence electrons. The molecule has 1 aromatic rings. The SMILES string of the molecule is F/C(Cl)=C(\F)n1cccn1. The van der Waals surface area contributed by atoms with E-state index in [1.807, 2.05) is 0 Å². The van der Waals surface area contributed by atoms with Gasteiger partial charge in [0.25, 0.3) is 5.95 Å². The Kier molecular flexibility index (Phi) is 2.01. The average molecular weight is 165 g/mol. The van der Waals surface area contributed by atoms with Gasteiger partial charge in [-0.15, -0.1) is 0 Å². The van der Waals surface area contributed by atoms with E-state index in [4.69, 9.17) is 11.6 Å². The molecule has 1 heterocycles. The van der Waals surface area contributed by atoms with Gasteiger partial charge in [0.1, 0.15) is 0 Å². The molecule has 2 nitrogen and oxygen atoms in total. The molecule has 5 heteroatoms. The zero-order valence-electron chi connectivity index (χ0n) is 4.76. The summed E-state index contributed by atoms with van der Waals surface area (Å²) in [6, 6.07) is 1.46. The lowest BCUT2D eigenvalue weighted by Gasteiger charge is -1.92. The summed E-state index contributed by atoms with van der Waals surface area (Å²) in [5.41, 5.74) is 0. The van der Waals surface area contributed by atoms with Crippen molar-refractivity contribution in [2.24, 2.45) is 0 Å². The van der Waals surface area contributed by atoms with Gasteiger partial charge in [0.2, 0.25) is 5.29 Å². The molecule has 0 unspecified atom stereocenters. The molecule has 0 fully saturated rings. The minimum absolute atomic E-state index is 0.697. The second kappa shape index (κ2) is 2.79. The number of rotatable bonds is 1. The largest absolute Gasteiger partial charge is 0.262 e. The number of halogens is 3. The molecule has 0 aliphatic rings. The zero-order valence-corrected chi connectivity index (χ0v) is 5.52. The van der Waals surface area contributed by atoms with Crippen molar-refractivity contribution in [3.8, 4) is 0 Å². The van der Waals surface area contributed by atoms with Crippen LogP contribution in [0, 0.1) is 0 Å². The van der Waals surface area contributed by atoms with Crippen molar-refractivity contribution in [1.82, 2.24) is 9.78 Å². The van der Waals surface area contributed by atoms with E-state index >= 15 is 0 Å². The smallest absolute Gasteiger partial charge is 0.211 e. The van der Waals surface area contributed by atoms with Gasteiger partial charge in [-0.05, 0) is 17.7 Å². The molecular formula is C5H3ClF2N2. The third-order valence-electron chi connectivity index (χ3n) is 0.861. The van der Waals surface area contributed by atoms with E-state index in [1.54, 1.807) is 0 Å². The highest BCUT2D eigenvalue weighted by Gasteiger charge is 2.03. The van der Waals surface area contributed by atoms with Crippen LogP contribution in [0.4, 0.5) is 8.78 Å². The molecule has 0 saturated heterocycles. The van der Waals surface area contributed by atoms with Gasteiger partial charge in [-0.2, -0.15) is 13.9 Å². The predicted octanol–water partition coefficient (Wildman–Crippen LogP) is 2.14. The number of hydrogen-bond donors (Lipinski definition) is 0. The second-order valence-corrected chi connectivity index (χ2v) is 1.83. The molecule has 0 bridgehead atoms. The third kappa shape index (κ3) is 1.33. The molecule has 0 aliphatic heterocycles. The summed E-state index contributed by atoms with van der Waals surface area (Å²) in [4.78, 5) is 0. The summed E-state index contributed by atoms with van der Waals surface area (Å²) >= 11 is 4.70. The Morgan fingerprint density at radius 1 is 1.50 bits per heavy atom. The third-order valence-corrected chi connectivity index (χ3v) is 1.02. The van der Waals surface area contributed by atoms with E-state index in [1.165, 1.54) is 18.5 Å². The molecule has 0 N–H and O–H groups in total. The lowest BCUT2D eigenvalue weighted by Crippen LogP contribution is -1.92. The molecule has 0 aromatic carbocycles. The first-order chi connectivity index (χ1) is 4.72. The maximum Gasteiger partial charge on any atom is 0.262 e. The number of aromatic nitrogens is 2. The van der Waals surface area contributed by atoms with E-state index in [9.17, 15) is 8.78 Å². The minimum atomic E-state index is -1.40. The normalized spacial score (nSPS) is 13.1. The first-order valence-electron chi connectivity index (χ1n) is 2.42. The maximum absolute atomic E-state index is 12.4. The maximum atomic E-state index is 12.4. The molecule has 1 rings (SSSR count). The van der Waals surface area contributed by atoms with Gasteiger partial charge in [-0.1, -0.05) is 0 Å². The molecule has 0 spiro atoms. The molecule has 1 aromatic heterocycles. The summed E-state index contributed by atoms with van der Waals surface area (Å²) in [7, 11) is 0. The first kappa shape index (κ1) is 7.21. The lowest BCUT2D eigenvalue weighted by molar-refractivity contribution is 0.593. The molecule has 0 radical (unpaired) electrons. The van der Waals surface area contributed by atoms with Crippen LogP contribution in [0.2, 0.25) is 0 Å². The van der Waals surface area contributed by atoms with Gasteiger partial charge in [0.15, 0.2) is 0 Å². The van der Waals surface area contributed by atoms with Crippen molar-refractivity contribution in [2.75, 3.05) is 0 Å². The topological polar surface area (TPSA) is 17.8 Å². The van der Waals surface area contributed by atoms with Gasteiger partial charge in [0, 0.05) is 12.4 Å². The minimum Gasteiger partial charge on any atom is -0.211 e. The average Bonchev–Trinajstić information content (AvgIpc) is 2.36. The Morgan fingerprint density at radius 3 is 2.60 bits per heavy atom. The zero-order chi connectivity index (χ0) is 7.56. The monoisotopic (exact) mass is 164 g/mol. The summed E-state index contributed by atoms with van der Waals surface area (Å²) in [5, 5.41) is 2.00. The van der Waals surface area contributed by atoms with Gasteiger partial charge < -0.3 is 0 Å². The Morgan fingerprint density at radius 2 is 2.20 bits per heavy atom. The predicted molar refractivity (Wildman–Crippen MR) is 33.5 cm³/mol. The molecule has 0 aliphatic carbocycles. The van der Waals surface area contributed by atoms with Crippen molar-refractivity contribution in [1.29, 1.82) is 0 Å². The first-order valence-corrected chi connectivity index (χ1v) is 2.80. The van der Waals surface area contributed by atoms with Gasteiger partial charge in [-0.25, -0.2) is 4.68 Å². The van der Waals surface area contributed by atoms with Crippen molar-refractivity contribution < 1.29 is 8.78 Å². The van der Waals surface area contributed by atoms with Crippen LogP contribution in [0.5, 0.6) is 0 Å². The second-order valence-electron chi connectivity index (χ2n) is 1.50. The molecule has 10 heavy (non-hydrogen) atoms. The fourth-order valence-corrected chi connectivity index (χ4v) is 0.558. The molecule has 0 atom stereocenters. The Balaban J connectivity index is 2.99. The van der Waals surface area contributed by atoms with Gasteiger partial charge >= 0.3 is 0 Å². The Hall–Kier alpha value is -0.900. The highest BCUT2D eigenvalue weighted by Crippen LogP contribution is 2.15. The summed E-state index contributed by atoms with van der Waals surface area (Å²) in [5.74, 6) is -1.20. The van der Waals surface area contributed by atoms with E-state index in [0.717, 1.165) is 0 Å². The highest BCUT2D eigenvalue weighted by atomic mass is 35.5. The van der Waals surface area contributed by atoms with Crippen LogP contribution < -0.4 is 0 Å². The van der Waals surface area contributed by atoms with E-state index in [0.29, 0.717) is 4.68 Å². The summed E-state index contributed by atoms with van der Waals surface area (Å²) in [6.45, 7) is 0. The van der Waals surface area contributed by atoms with Crippen LogP contribution in [-0.4, -0.2) is 9.78 Å². The fraction of sp³-hybridized carbons (Fsp3) is 0. The molecule has 0 amide bonds. The van der Waals surface area contributed by atoms with Crippen LogP contribution in [0.3, 0.4) is 0 Å². The van der Waals surface area contributed by atoms with Crippen molar-refractivity contribution in [3.05, 3.63) is 23.7 Å². The van der Waals surface area contributed by atoms with Crippen molar-refractivity contribution >= 4 is 17.6 Å². The number of nitrogens with zero attached hydrogens (tertiary/aromatic N) is 2. The van der Waals surface area contributed by atoms with Gasteiger partial charge in [0.05, 0.1) is 0 Å². The van der Waals surface area contributed by atoms with E-state index in [-0.39, 0.29) is 0 Å². The summed E-state index contributed by atoms with van der Waals surface area (Å²) in [6.07, 6.45) is 2.57. The van der Waals surface area contributed by atoms with E-state index in [2.05, 4.69) is 5.10 Å². The van der Waals surface area contributed by atoms with Gasteiger partial charge in [-0.3, -0.25) is 0 Å². The van der Waals surface area contributed by atoms with Crippen LogP contribution >= 0.6 is 11.6 Å². The Bertz CT molecular complexity index is 238. The Labute approximate surface area is 60.7 Å². The van der Waals surface area contributed by atoms with Crippen LogP contribution in [0.25, 0.3) is 5.95 Å². The summed E-state index contributed by atoms with van der Waals surface area (Å²) < 4.78 is 24.9. The highest BCUT2D eigenvalue weighted by molar-refractivity contribution is 6.30. The van der Waals surface area contributed by atoms with E-state index < -0.39 is 11.2 Å². The number of hydrogen-bond acceptors (Lipinski definition) is 1. The van der Waals surface area contributed by atoms with Crippen LogP contribution in [0.1, 0.15) is 0 Å². The molecular weight excluding hydrogens is 162 g/mol. The quantitative estimate of drug-likeness (QED) is 0.622. The fourth-order valence-electron chi connectivity index (χ4n) is 0.472.